The number of methoxy groups -OCH3 is 1. The molecule has 0 aromatic heterocycles. The highest BCUT2D eigenvalue weighted by Gasteiger charge is 1.89. The van der Waals surface area contributed by atoms with E-state index in [-0.39, 0.29) is 11.2 Å². The van der Waals surface area contributed by atoms with Gasteiger partial charge in [0.2, 0.25) is 0 Å². The van der Waals surface area contributed by atoms with E-state index in [9.17, 15) is 0 Å². The van der Waals surface area contributed by atoms with Crippen LogP contribution in [0, 0.1) is 0 Å². The van der Waals surface area contributed by atoms with E-state index in [1.807, 2.05) is 0 Å². The number of aliphatic imine (C=N–C) groups is 2. The molecule has 0 saturated carbocycles. The lowest BCUT2D eigenvalue weighted by Crippen LogP contribution is -1.94. The molecule has 0 rings (SSSR count). The average Bonchev–Trinajstić information content (AvgIpc) is 1.82. The Kier molecular flexibility index (Phi) is 3.71. The summed E-state index contributed by atoms with van der Waals surface area (Å²) in [6.45, 7) is 6.48. The van der Waals surface area contributed by atoms with Crippen molar-refractivity contribution < 1.29 is 4.74 Å². The molecule has 3 nitrogen and oxygen atoms in total. The Morgan fingerprint density at radius 2 is 2.22 bits per heavy atom. The molecule has 0 saturated heterocycles. The van der Waals surface area contributed by atoms with E-state index >= 15 is 0 Å². The molecular weight excluding hydrogens is 140 g/mol. The van der Waals surface area contributed by atoms with Gasteiger partial charge in [-0.05, 0) is 6.72 Å². The highest BCUT2D eigenvalue weighted by atomic mass is 35.5. The van der Waals surface area contributed by atoms with Crippen molar-refractivity contribution in [3.63, 3.8) is 0 Å². The monoisotopic (exact) mass is 146 g/mol. The van der Waals surface area contributed by atoms with Gasteiger partial charge in [0.1, 0.15) is 5.16 Å². The van der Waals surface area contributed by atoms with Crippen LogP contribution in [0.3, 0.4) is 0 Å². The summed E-state index contributed by atoms with van der Waals surface area (Å²) in [4.78, 5) is 6.93. The fourth-order valence-electron chi connectivity index (χ4n) is 0.249. The lowest BCUT2D eigenvalue weighted by molar-refractivity contribution is 0.397. The third-order valence-corrected chi connectivity index (χ3v) is 0.619. The number of rotatable bonds is 1. The van der Waals surface area contributed by atoms with Crippen LogP contribution in [0.4, 0.5) is 0 Å². The van der Waals surface area contributed by atoms with Gasteiger partial charge < -0.3 is 4.74 Å². The second kappa shape index (κ2) is 4.09. The summed E-state index contributed by atoms with van der Waals surface area (Å²) in [5.74, 6) is 0. The first-order valence-electron chi connectivity index (χ1n) is 2.14. The number of nitrogens with zero attached hydrogens (tertiary/aromatic N) is 2. The van der Waals surface area contributed by atoms with Crippen LogP contribution in [0.2, 0.25) is 0 Å². The first-order valence-corrected chi connectivity index (χ1v) is 2.52. The molecule has 0 aromatic carbocycles. The molecule has 9 heavy (non-hydrogen) atoms. The molecule has 0 aliphatic carbocycles. The minimum Gasteiger partial charge on any atom is -0.467 e. The molecule has 0 atom stereocenters. The van der Waals surface area contributed by atoms with Gasteiger partial charge in [0.15, 0.2) is 0 Å². The zero-order chi connectivity index (χ0) is 7.28. The lowest BCUT2D eigenvalue weighted by Gasteiger charge is -1.93. The van der Waals surface area contributed by atoms with Crippen LogP contribution in [-0.2, 0) is 4.74 Å². The van der Waals surface area contributed by atoms with Crippen molar-refractivity contribution in [2.45, 2.75) is 0 Å². The van der Waals surface area contributed by atoms with Crippen molar-refractivity contribution in [3.8, 4) is 0 Å². The maximum absolute atomic E-state index is 5.28. The second-order valence-corrected chi connectivity index (χ2v) is 1.57. The van der Waals surface area contributed by atoms with Gasteiger partial charge in [0.25, 0.3) is 0 Å². The molecule has 0 aliphatic rings. The summed E-state index contributed by atoms with van der Waals surface area (Å²) in [5.41, 5.74) is 0. The highest BCUT2D eigenvalue weighted by Crippen LogP contribution is 1.98. The zero-order valence-corrected chi connectivity index (χ0v) is 5.85. The number of ether oxygens (including phenoxy) is 1. The fraction of sp³-hybridized carbons (Fsp3) is 0.200. The smallest absolute Gasteiger partial charge is 0.316 e. The van der Waals surface area contributed by atoms with Gasteiger partial charge in [-0.1, -0.05) is 18.2 Å². The summed E-state index contributed by atoms with van der Waals surface area (Å²) >= 11 is 5.28. The van der Waals surface area contributed by atoms with E-state index in [2.05, 4.69) is 28.0 Å². The molecule has 0 fully saturated rings. The van der Waals surface area contributed by atoms with Crippen LogP contribution in [0.25, 0.3) is 0 Å². The van der Waals surface area contributed by atoms with Crippen molar-refractivity contribution in [1.82, 2.24) is 0 Å². The fourth-order valence-corrected chi connectivity index (χ4v) is 0.322. The Balaban J connectivity index is 4.07. The molecular formula is C5H7ClN2O. The third-order valence-electron chi connectivity index (χ3n) is 0.535. The summed E-state index contributed by atoms with van der Waals surface area (Å²) in [7, 11) is 1.42. The molecule has 0 spiro atoms. The molecule has 0 N–H and O–H groups in total. The third kappa shape index (κ3) is 3.73. The molecule has 0 unspecified atom stereocenters. The van der Waals surface area contributed by atoms with Crippen LogP contribution >= 0.6 is 11.6 Å². The van der Waals surface area contributed by atoms with E-state index < -0.39 is 0 Å². The van der Waals surface area contributed by atoms with Crippen LogP contribution in [0.5, 0.6) is 0 Å². The van der Waals surface area contributed by atoms with Crippen molar-refractivity contribution in [2.24, 2.45) is 9.98 Å². The number of hydrogen-bond acceptors (Lipinski definition) is 2. The summed E-state index contributed by atoms with van der Waals surface area (Å²) < 4.78 is 4.59. The molecule has 50 valence electrons. The van der Waals surface area contributed by atoms with Gasteiger partial charge >= 0.3 is 6.02 Å². The average molecular weight is 147 g/mol. The largest absolute Gasteiger partial charge is 0.467 e. The molecule has 0 heterocycles. The van der Waals surface area contributed by atoms with E-state index in [1.54, 1.807) is 0 Å². The topological polar surface area (TPSA) is 34.0 Å². The number of halogens is 1. The van der Waals surface area contributed by atoms with Crippen LogP contribution in [0.1, 0.15) is 0 Å². The molecule has 0 aliphatic heterocycles. The van der Waals surface area contributed by atoms with E-state index in [0.717, 1.165) is 0 Å². The van der Waals surface area contributed by atoms with Crippen LogP contribution in [-0.4, -0.2) is 19.8 Å². The van der Waals surface area contributed by atoms with Gasteiger partial charge in [0.05, 0.1) is 7.11 Å². The van der Waals surface area contributed by atoms with E-state index in [1.165, 1.54) is 7.11 Å². The minimum atomic E-state index is 0.120. The van der Waals surface area contributed by atoms with Crippen molar-refractivity contribution in [3.05, 3.63) is 11.7 Å². The first kappa shape index (κ1) is 8.17. The van der Waals surface area contributed by atoms with Gasteiger partial charge in [-0.3, -0.25) is 0 Å². The first-order chi connectivity index (χ1) is 4.20. The molecule has 0 bridgehead atoms. The second-order valence-electron chi connectivity index (χ2n) is 1.13. The predicted octanol–water partition coefficient (Wildman–Crippen LogP) is 1.40. The normalized spacial score (nSPS) is 10.7. The summed E-state index contributed by atoms with van der Waals surface area (Å²) in [6, 6.07) is 0.120. The SMILES string of the molecule is C=NC(=NC(=C)Cl)OC. The molecule has 0 amide bonds. The van der Waals surface area contributed by atoms with E-state index in [4.69, 9.17) is 11.6 Å². The van der Waals surface area contributed by atoms with Crippen LogP contribution in [0.15, 0.2) is 21.7 Å². The standard InChI is InChI=1S/C5H7ClN2O/c1-4(6)8-5(7-2)9-3/h1-2H2,3H3. The van der Waals surface area contributed by atoms with Gasteiger partial charge in [-0.15, -0.1) is 0 Å². The Bertz CT molecular complexity index is 153. The van der Waals surface area contributed by atoms with E-state index in [0.29, 0.717) is 0 Å². The maximum Gasteiger partial charge on any atom is 0.316 e. The van der Waals surface area contributed by atoms with Gasteiger partial charge in [-0.2, -0.15) is 4.99 Å². The highest BCUT2D eigenvalue weighted by molar-refractivity contribution is 6.29. The summed E-state index contributed by atoms with van der Waals surface area (Å²) in [6.07, 6.45) is 0. The van der Waals surface area contributed by atoms with Gasteiger partial charge in [-0.25, -0.2) is 4.99 Å². The minimum absolute atomic E-state index is 0.120. The van der Waals surface area contributed by atoms with Crippen molar-refractivity contribution in [2.75, 3.05) is 7.11 Å². The maximum atomic E-state index is 5.28. The van der Waals surface area contributed by atoms with Crippen molar-refractivity contribution in [1.29, 1.82) is 0 Å². The zero-order valence-electron chi connectivity index (χ0n) is 5.09. The Hall–Kier alpha value is -0.830. The van der Waals surface area contributed by atoms with Gasteiger partial charge in [0, 0.05) is 0 Å². The van der Waals surface area contributed by atoms with Crippen LogP contribution < -0.4 is 0 Å². The lowest BCUT2D eigenvalue weighted by atomic mass is 11.0. The number of amidine groups is 1. The Labute approximate surface area is 58.7 Å². The summed E-state index contributed by atoms with van der Waals surface area (Å²) in [5, 5.41) is 0.124. The van der Waals surface area contributed by atoms with Crippen molar-refractivity contribution >= 4 is 24.3 Å². The Morgan fingerprint density at radius 3 is 2.33 bits per heavy atom. The predicted molar refractivity (Wildman–Crippen MR) is 39.0 cm³/mol. The Morgan fingerprint density at radius 1 is 1.67 bits per heavy atom. The molecule has 0 radical (unpaired) electrons. The molecule has 0 aromatic rings. The molecule has 4 heteroatoms. The number of hydrogen-bond donors (Lipinski definition) is 0. The quantitative estimate of drug-likeness (QED) is 0.313.